The summed E-state index contributed by atoms with van der Waals surface area (Å²) >= 11 is 0. The smallest absolute Gasteiger partial charge is 0.00958 e. The van der Waals surface area contributed by atoms with Gasteiger partial charge in [0.15, 0.2) is 0 Å². The second-order valence-corrected chi connectivity index (χ2v) is 20.8. The first-order valence-electron chi connectivity index (χ1n) is 17.2. The minimum absolute atomic E-state index is 0.00948. The Balaban J connectivity index is 3.51. The van der Waals surface area contributed by atoms with Gasteiger partial charge >= 0.3 is 0 Å². The average Bonchev–Trinajstić information content (AvgIpc) is 2.73. The molecule has 0 spiro atoms. The summed E-state index contributed by atoms with van der Waals surface area (Å²) in [5.41, 5.74) is 14.0. The van der Waals surface area contributed by atoms with Gasteiger partial charge in [0.1, 0.15) is 0 Å². The Labute approximate surface area is 270 Å². The van der Waals surface area contributed by atoms with Crippen LogP contribution in [-0.4, -0.2) is 0 Å². The fourth-order valence-corrected chi connectivity index (χ4v) is 7.21. The molecule has 0 fully saturated rings. The predicted octanol–water partition coefficient (Wildman–Crippen LogP) is 13.3. The van der Waals surface area contributed by atoms with Crippen LogP contribution >= 0.6 is 0 Å². The molecule has 1 unspecified atom stereocenters. The molecule has 1 atom stereocenters. The molecular weight excluding hydrogens is 516 g/mol. The maximum absolute atomic E-state index is 2.64. The van der Waals surface area contributed by atoms with Crippen LogP contribution in [0.3, 0.4) is 0 Å². The number of hydrogen-bond acceptors (Lipinski definition) is 0. The Hall–Kier alpha value is -1.56. The molecule has 43 heavy (non-hydrogen) atoms. The van der Waals surface area contributed by atoms with Gasteiger partial charge in [0.25, 0.3) is 0 Å². The molecule has 0 aromatic heterocycles. The highest BCUT2D eigenvalue weighted by atomic mass is 14.4. The molecular formula is C43H72. The molecule has 0 radical (unpaired) electrons. The second-order valence-electron chi connectivity index (χ2n) is 20.8. The SMILES string of the molecule is CCC(c1cc(C(C)(C)C)cc(C(C)(C)C)c1C(C)(C)C)c1c(C(C)(C)C)cc(C(C)(C)C)c(C(C)(C)C)c1C(C)(C)C. The van der Waals surface area contributed by atoms with Crippen molar-refractivity contribution in [2.24, 2.45) is 0 Å². The van der Waals surface area contributed by atoms with Gasteiger partial charge in [-0.25, -0.2) is 0 Å². The lowest BCUT2D eigenvalue weighted by atomic mass is 9.60. The Morgan fingerprint density at radius 1 is 0.395 bits per heavy atom. The van der Waals surface area contributed by atoms with Gasteiger partial charge in [-0.15, -0.1) is 0 Å². The molecule has 0 nitrogen and oxygen atoms in total. The summed E-state index contributed by atoms with van der Waals surface area (Å²) in [6, 6.07) is 7.82. The van der Waals surface area contributed by atoms with Crippen molar-refractivity contribution >= 4 is 0 Å². The highest BCUT2D eigenvalue weighted by molar-refractivity contribution is 5.61. The van der Waals surface area contributed by atoms with Gasteiger partial charge in [0.2, 0.25) is 0 Å². The van der Waals surface area contributed by atoms with Gasteiger partial charge in [-0.1, -0.05) is 171 Å². The molecule has 244 valence electrons. The van der Waals surface area contributed by atoms with Gasteiger partial charge in [0.05, 0.1) is 0 Å². The first kappa shape index (κ1) is 37.6. The lowest BCUT2D eigenvalue weighted by Crippen LogP contribution is -2.34. The Morgan fingerprint density at radius 3 is 1.07 bits per heavy atom. The number of rotatable bonds is 3. The van der Waals surface area contributed by atoms with Crippen LogP contribution in [0.2, 0.25) is 0 Å². The second kappa shape index (κ2) is 11.4. The van der Waals surface area contributed by atoms with E-state index in [1.165, 1.54) is 22.3 Å². The van der Waals surface area contributed by atoms with E-state index in [0.29, 0.717) is 5.92 Å². The molecule has 0 aliphatic rings. The molecule has 2 rings (SSSR count). The zero-order valence-electron chi connectivity index (χ0n) is 33.0. The van der Waals surface area contributed by atoms with E-state index < -0.39 is 0 Å². The molecule has 0 N–H and O–H groups in total. The summed E-state index contributed by atoms with van der Waals surface area (Å²) in [4.78, 5) is 0. The minimum Gasteiger partial charge on any atom is -0.0645 e. The lowest BCUT2D eigenvalue weighted by molar-refractivity contribution is 0.477. The third-order valence-corrected chi connectivity index (χ3v) is 9.21. The standard InChI is InChI=1S/C43H72/c1-23-28(29-24-27(37(2,3)4)25-31(39(8,9)10)34(29)41(14,15)16)33-30(38(5,6)7)26-32(40(11,12)13)35(42(17,18)19)36(33)43(20,21)22/h24-26,28H,23H2,1-22H3. The third kappa shape index (κ3) is 8.00. The predicted molar refractivity (Wildman–Crippen MR) is 196 cm³/mol. The number of hydrogen-bond donors (Lipinski definition) is 0. The third-order valence-electron chi connectivity index (χ3n) is 9.21. The summed E-state index contributed by atoms with van der Waals surface area (Å²) in [6.45, 7) is 53.3. The first-order chi connectivity index (χ1) is 18.8. The molecule has 0 saturated carbocycles. The van der Waals surface area contributed by atoms with Crippen molar-refractivity contribution in [2.45, 2.75) is 203 Å². The van der Waals surface area contributed by atoms with Gasteiger partial charge in [-0.2, -0.15) is 0 Å². The van der Waals surface area contributed by atoms with Crippen LogP contribution in [0, 0.1) is 0 Å². The zero-order valence-corrected chi connectivity index (χ0v) is 33.0. The Kier molecular flexibility index (Phi) is 9.93. The van der Waals surface area contributed by atoms with Gasteiger partial charge in [-0.05, 0) is 94.4 Å². The fourth-order valence-electron chi connectivity index (χ4n) is 7.21. The van der Waals surface area contributed by atoms with Gasteiger partial charge in [-0.3, -0.25) is 0 Å². The first-order valence-corrected chi connectivity index (χ1v) is 17.2. The topological polar surface area (TPSA) is 0 Å². The van der Waals surface area contributed by atoms with Crippen molar-refractivity contribution in [3.63, 3.8) is 0 Å². The molecule has 0 bridgehead atoms. The van der Waals surface area contributed by atoms with E-state index in [1.54, 1.807) is 27.8 Å². The molecule has 0 aliphatic carbocycles. The van der Waals surface area contributed by atoms with Crippen molar-refractivity contribution in [2.75, 3.05) is 0 Å². The summed E-state index contributed by atoms with van der Waals surface area (Å²) in [5, 5.41) is 0. The van der Waals surface area contributed by atoms with Crippen LogP contribution in [0.1, 0.15) is 215 Å². The van der Waals surface area contributed by atoms with Crippen LogP contribution in [0.25, 0.3) is 0 Å². The minimum atomic E-state index is -0.0109. The van der Waals surface area contributed by atoms with E-state index in [0.717, 1.165) is 6.42 Å². The summed E-state index contributed by atoms with van der Waals surface area (Å²) in [7, 11) is 0. The lowest BCUT2D eigenvalue weighted by Gasteiger charge is -2.44. The average molecular weight is 589 g/mol. The van der Waals surface area contributed by atoms with Crippen molar-refractivity contribution in [3.8, 4) is 0 Å². The summed E-state index contributed by atoms with van der Waals surface area (Å²) in [6.07, 6.45) is 1.07. The quantitative estimate of drug-likeness (QED) is 0.334. The highest BCUT2D eigenvalue weighted by Crippen LogP contribution is 2.52. The molecule has 0 heteroatoms. The van der Waals surface area contributed by atoms with E-state index >= 15 is 0 Å². The Morgan fingerprint density at radius 2 is 0.767 bits per heavy atom. The zero-order chi connectivity index (χ0) is 34.1. The fraction of sp³-hybridized carbons (Fsp3) is 0.721. The van der Waals surface area contributed by atoms with E-state index in [4.69, 9.17) is 0 Å². The molecule has 0 saturated heterocycles. The summed E-state index contributed by atoms with van der Waals surface area (Å²) in [5.74, 6) is 0.302. The van der Waals surface area contributed by atoms with E-state index in [1.807, 2.05) is 0 Å². The van der Waals surface area contributed by atoms with E-state index in [9.17, 15) is 0 Å². The van der Waals surface area contributed by atoms with Crippen molar-refractivity contribution in [1.29, 1.82) is 0 Å². The normalized spacial score (nSPS) is 15.2. The van der Waals surface area contributed by atoms with Crippen LogP contribution in [0.4, 0.5) is 0 Å². The largest absolute Gasteiger partial charge is 0.0645 e. The van der Waals surface area contributed by atoms with Gasteiger partial charge < -0.3 is 0 Å². The monoisotopic (exact) mass is 589 g/mol. The van der Waals surface area contributed by atoms with Crippen molar-refractivity contribution in [3.05, 3.63) is 68.3 Å². The van der Waals surface area contributed by atoms with Crippen LogP contribution < -0.4 is 0 Å². The van der Waals surface area contributed by atoms with Crippen LogP contribution in [-0.2, 0) is 37.9 Å². The molecule has 0 heterocycles. The van der Waals surface area contributed by atoms with E-state index in [-0.39, 0.29) is 37.9 Å². The maximum Gasteiger partial charge on any atom is 0.00958 e. The van der Waals surface area contributed by atoms with Crippen LogP contribution in [0.15, 0.2) is 18.2 Å². The Bertz CT molecular complexity index is 1290. The van der Waals surface area contributed by atoms with Crippen molar-refractivity contribution in [1.82, 2.24) is 0 Å². The molecule has 0 amide bonds. The maximum atomic E-state index is 2.64. The van der Waals surface area contributed by atoms with Crippen molar-refractivity contribution < 1.29 is 0 Å². The molecule has 0 aliphatic heterocycles. The molecule has 2 aromatic rings. The molecule has 2 aromatic carbocycles. The number of benzene rings is 2. The van der Waals surface area contributed by atoms with Crippen LogP contribution in [0.5, 0.6) is 0 Å². The summed E-state index contributed by atoms with van der Waals surface area (Å²) < 4.78 is 0. The van der Waals surface area contributed by atoms with E-state index in [2.05, 4.69) is 171 Å². The highest BCUT2D eigenvalue weighted by Gasteiger charge is 2.41. The van der Waals surface area contributed by atoms with Gasteiger partial charge in [0, 0.05) is 5.92 Å².